The molecule has 6 nitrogen and oxygen atoms in total. The van der Waals surface area contributed by atoms with Crippen molar-refractivity contribution in [1.29, 1.82) is 0 Å². The molecule has 1 aliphatic rings. The number of carbonyl (C=O) groups excluding carboxylic acids is 1. The van der Waals surface area contributed by atoms with Gasteiger partial charge in [0, 0.05) is 25.4 Å². The van der Waals surface area contributed by atoms with Crippen molar-refractivity contribution in [3.63, 3.8) is 0 Å². The number of rotatable bonds is 5. The molecule has 28 heavy (non-hydrogen) atoms. The maximum Gasteiger partial charge on any atom is 0.269 e. The topological polar surface area (TPSA) is 69.0 Å². The van der Waals surface area contributed by atoms with E-state index in [2.05, 4.69) is 15.4 Å². The molecule has 146 valence electrons. The van der Waals surface area contributed by atoms with Crippen molar-refractivity contribution in [2.45, 2.75) is 44.8 Å². The Morgan fingerprint density at radius 3 is 2.75 bits per heavy atom. The highest BCUT2D eigenvalue weighted by Gasteiger charge is 2.25. The molecule has 0 spiro atoms. The molecule has 0 aromatic carbocycles. The first-order valence-corrected chi connectivity index (χ1v) is 10.4. The summed E-state index contributed by atoms with van der Waals surface area (Å²) < 4.78 is 7.63. The second-order valence-corrected chi connectivity index (χ2v) is 8.20. The SMILES string of the molecule is Cc1ccc(OC2CCC(NC(=O)c3cc(-c4cccs4)nn3C)CC2)nc1. The molecule has 1 amide bonds. The summed E-state index contributed by atoms with van der Waals surface area (Å²) in [6.07, 6.45) is 5.60. The summed E-state index contributed by atoms with van der Waals surface area (Å²) in [5.41, 5.74) is 2.55. The molecular weight excluding hydrogens is 372 g/mol. The monoisotopic (exact) mass is 396 g/mol. The molecule has 0 bridgehead atoms. The number of carbonyl (C=O) groups is 1. The average molecular weight is 397 g/mol. The molecular formula is C21H24N4O2S. The number of aromatic nitrogens is 3. The van der Waals surface area contributed by atoms with Gasteiger partial charge in [-0.25, -0.2) is 4.98 Å². The third-order valence-electron chi connectivity index (χ3n) is 5.07. The number of nitrogens with zero attached hydrogens (tertiary/aromatic N) is 3. The number of ether oxygens (including phenoxy) is 1. The van der Waals surface area contributed by atoms with Crippen LogP contribution >= 0.6 is 11.3 Å². The van der Waals surface area contributed by atoms with Crippen molar-refractivity contribution in [2.75, 3.05) is 0 Å². The lowest BCUT2D eigenvalue weighted by Crippen LogP contribution is -2.40. The van der Waals surface area contributed by atoms with E-state index < -0.39 is 0 Å². The molecule has 1 fully saturated rings. The van der Waals surface area contributed by atoms with Crippen LogP contribution in [0.4, 0.5) is 0 Å². The molecule has 4 rings (SSSR count). The predicted octanol–water partition coefficient (Wildman–Crippen LogP) is 3.97. The van der Waals surface area contributed by atoms with Gasteiger partial charge in [0.2, 0.25) is 5.88 Å². The Morgan fingerprint density at radius 2 is 2.07 bits per heavy atom. The third kappa shape index (κ3) is 4.25. The minimum atomic E-state index is -0.0672. The van der Waals surface area contributed by atoms with Crippen LogP contribution < -0.4 is 10.1 Å². The van der Waals surface area contributed by atoms with Gasteiger partial charge < -0.3 is 10.1 Å². The van der Waals surface area contributed by atoms with Crippen LogP contribution in [-0.2, 0) is 7.05 Å². The third-order valence-corrected chi connectivity index (χ3v) is 5.96. The number of amides is 1. The minimum Gasteiger partial charge on any atom is -0.474 e. The van der Waals surface area contributed by atoms with Gasteiger partial charge in [-0.2, -0.15) is 5.10 Å². The number of aryl methyl sites for hydroxylation is 2. The molecule has 3 aromatic rings. The summed E-state index contributed by atoms with van der Waals surface area (Å²) in [5.74, 6) is 0.608. The summed E-state index contributed by atoms with van der Waals surface area (Å²) in [5, 5.41) is 9.64. The van der Waals surface area contributed by atoms with Crippen LogP contribution in [0.3, 0.4) is 0 Å². The molecule has 1 N–H and O–H groups in total. The number of thiophene rings is 1. The van der Waals surface area contributed by atoms with Gasteiger partial charge in [0.25, 0.3) is 5.91 Å². The lowest BCUT2D eigenvalue weighted by Gasteiger charge is -2.29. The van der Waals surface area contributed by atoms with Crippen LogP contribution in [0.15, 0.2) is 41.9 Å². The van der Waals surface area contributed by atoms with Crippen LogP contribution in [0.2, 0.25) is 0 Å². The van der Waals surface area contributed by atoms with Crippen LogP contribution in [-0.4, -0.2) is 32.8 Å². The van der Waals surface area contributed by atoms with Crippen molar-refractivity contribution in [2.24, 2.45) is 7.05 Å². The van der Waals surface area contributed by atoms with Crippen LogP contribution in [0, 0.1) is 6.92 Å². The van der Waals surface area contributed by atoms with E-state index in [1.807, 2.05) is 55.9 Å². The van der Waals surface area contributed by atoms with Gasteiger partial charge in [-0.1, -0.05) is 12.1 Å². The van der Waals surface area contributed by atoms with E-state index in [0.717, 1.165) is 41.8 Å². The summed E-state index contributed by atoms with van der Waals surface area (Å²) in [6, 6.07) is 9.95. The lowest BCUT2D eigenvalue weighted by atomic mass is 9.93. The first-order chi connectivity index (χ1) is 13.6. The van der Waals surface area contributed by atoms with Gasteiger partial charge in [0.05, 0.1) is 4.88 Å². The van der Waals surface area contributed by atoms with Crippen LogP contribution in [0.1, 0.15) is 41.7 Å². The smallest absolute Gasteiger partial charge is 0.269 e. The van der Waals surface area contributed by atoms with E-state index in [0.29, 0.717) is 11.6 Å². The maximum atomic E-state index is 12.7. The molecule has 0 unspecified atom stereocenters. The quantitative estimate of drug-likeness (QED) is 0.708. The molecule has 0 aliphatic heterocycles. The van der Waals surface area contributed by atoms with Crippen molar-refractivity contribution in [1.82, 2.24) is 20.1 Å². The first kappa shape index (κ1) is 18.7. The highest BCUT2D eigenvalue weighted by atomic mass is 32.1. The summed E-state index contributed by atoms with van der Waals surface area (Å²) >= 11 is 1.62. The van der Waals surface area contributed by atoms with Crippen LogP contribution in [0.5, 0.6) is 5.88 Å². The first-order valence-electron chi connectivity index (χ1n) is 9.56. The Hall–Kier alpha value is -2.67. The number of hydrogen-bond donors (Lipinski definition) is 1. The standard InChI is InChI=1S/C21H24N4O2S/c1-14-5-10-20(22-13-14)27-16-8-6-15(7-9-16)23-21(26)18-12-17(24-25(18)2)19-4-3-11-28-19/h3-5,10-13,15-16H,6-9H2,1-2H3,(H,23,26). The van der Waals surface area contributed by atoms with E-state index in [4.69, 9.17) is 4.74 Å². The van der Waals surface area contributed by atoms with Crippen LogP contribution in [0.25, 0.3) is 10.6 Å². The Morgan fingerprint density at radius 1 is 1.25 bits per heavy atom. The zero-order valence-corrected chi connectivity index (χ0v) is 16.9. The zero-order valence-electron chi connectivity index (χ0n) is 16.1. The highest BCUT2D eigenvalue weighted by Crippen LogP contribution is 2.25. The second-order valence-electron chi connectivity index (χ2n) is 7.25. The second kappa shape index (κ2) is 8.14. The average Bonchev–Trinajstić information content (AvgIpc) is 3.35. The minimum absolute atomic E-state index is 0.0672. The van der Waals surface area contributed by atoms with Gasteiger partial charge in [-0.3, -0.25) is 9.48 Å². The summed E-state index contributed by atoms with van der Waals surface area (Å²) in [6.45, 7) is 2.01. The van der Waals surface area contributed by atoms with E-state index >= 15 is 0 Å². The number of pyridine rings is 1. The van der Waals surface area contributed by atoms with E-state index in [1.54, 1.807) is 16.0 Å². The fraction of sp³-hybridized carbons (Fsp3) is 0.381. The van der Waals surface area contributed by atoms with Crippen molar-refractivity contribution in [3.05, 3.63) is 53.2 Å². The van der Waals surface area contributed by atoms with Gasteiger partial charge in [0.1, 0.15) is 17.5 Å². The van der Waals surface area contributed by atoms with Gasteiger partial charge in [-0.15, -0.1) is 11.3 Å². The molecule has 3 aromatic heterocycles. The fourth-order valence-corrected chi connectivity index (χ4v) is 4.18. The summed E-state index contributed by atoms with van der Waals surface area (Å²) in [7, 11) is 1.81. The number of nitrogens with one attached hydrogen (secondary N) is 1. The van der Waals surface area contributed by atoms with Crippen molar-refractivity contribution in [3.8, 4) is 16.5 Å². The fourth-order valence-electron chi connectivity index (χ4n) is 3.50. The normalized spacial score (nSPS) is 19.4. The Kier molecular flexibility index (Phi) is 5.43. The van der Waals surface area contributed by atoms with Gasteiger partial charge >= 0.3 is 0 Å². The molecule has 1 saturated carbocycles. The van der Waals surface area contributed by atoms with Crippen molar-refractivity contribution < 1.29 is 9.53 Å². The Bertz CT molecular complexity index is 926. The van der Waals surface area contributed by atoms with Gasteiger partial charge in [0.15, 0.2) is 0 Å². The molecule has 0 radical (unpaired) electrons. The van der Waals surface area contributed by atoms with E-state index in [-0.39, 0.29) is 18.1 Å². The Labute approximate surface area is 168 Å². The Balaban J connectivity index is 1.31. The molecule has 0 atom stereocenters. The highest BCUT2D eigenvalue weighted by molar-refractivity contribution is 7.13. The predicted molar refractivity (Wildman–Crippen MR) is 110 cm³/mol. The van der Waals surface area contributed by atoms with Crippen molar-refractivity contribution >= 4 is 17.2 Å². The summed E-state index contributed by atoms with van der Waals surface area (Å²) in [4.78, 5) is 18.1. The molecule has 0 saturated heterocycles. The van der Waals surface area contributed by atoms with Gasteiger partial charge in [-0.05, 0) is 55.7 Å². The van der Waals surface area contributed by atoms with E-state index in [9.17, 15) is 4.79 Å². The number of hydrogen-bond acceptors (Lipinski definition) is 5. The molecule has 3 heterocycles. The lowest BCUT2D eigenvalue weighted by molar-refractivity contribution is 0.0881. The largest absolute Gasteiger partial charge is 0.474 e. The maximum absolute atomic E-state index is 12.7. The zero-order chi connectivity index (χ0) is 19.5. The molecule has 1 aliphatic carbocycles. The molecule has 7 heteroatoms. The van der Waals surface area contributed by atoms with E-state index in [1.165, 1.54) is 0 Å².